The van der Waals surface area contributed by atoms with Gasteiger partial charge in [0.05, 0.1) is 4.90 Å². The first-order valence-electron chi connectivity index (χ1n) is 7.39. The summed E-state index contributed by atoms with van der Waals surface area (Å²) in [6, 6.07) is 4.97. The van der Waals surface area contributed by atoms with E-state index in [1.165, 1.54) is 12.1 Å². The van der Waals surface area contributed by atoms with E-state index in [-0.39, 0.29) is 4.90 Å². The van der Waals surface area contributed by atoms with Crippen molar-refractivity contribution in [1.82, 2.24) is 10.0 Å². The van der Waals surface area contributed by atoms with Crippen molar-refractivity contribution >= 4 is 27.9 Å². The highest BCUT2D eigenvalue weighted by Crippen LogP contribution is 2.10. The number of rotatable bonds is 7. The van der Waals surface area contributed by atoms with Crippen LogP contribution in [0.4, 0.5) is 4.79 Å². The van der Waals surface area contributed by atoms with Crippen LogP contribution in [0.15, 0.2) is 29.2 Å². The van der Waals surface area contributed by atoms with Crippen molar-refractivity contribution in [3.8, 4) is 0 Å². The van der Waals surface area contributed by atoms with Crippen molar-refractivity contribution in [3.63, 3.8) is 0 Å². The number of benzene rings is 1. The number of primary amides is 1. The fourth-order valence-corrected chi connectivity index (χ4v) is 2.79. The Kier molecular flexibility index (Phi) is 7.07. The second-order valence-electron chi connectivity index (χ2n) is 5.65. The number of esters is 1. The van der Waals surface area contributed by atoms with E-state index in [0.717, 1.165) is 5.56 Å². The Morgan fingerprint density at radius 1 is 1.16 bits per heavy atom. The number of sulfonamides is 1. The number of amides is 3. The quantitative estimate of drug-likeness (QED) is 0.577. The summed E-state index contributed by atoms with van der Waals surface area (Å²) < 4.78 is 31.2. The van der Waals surface area contributed by atoms with E-state index in [2.05, 4.69) is 4.72 Å². The summed E-state index contributed by atoms with van der Waals surface area (Å²) in [5, 5.41) is 1.82. The summed E-state index contributed by atoms with van der Waals surface area (Å²) in [6.07, 6.45) is -1.27. The van der Waals surface area contributed by atoms with Crippen LogP contribution in [-0.2, 0) is 24.3 Å². The van der Waals surface area contributed by atoms with Crippen molar-refractivity contribution in [2.45, 2.75) is 31.8 Å². The van der Waals surface area contributed by atoms with Crippen LogP contribution >= 0.6 is 0 Å². The van der Waals surface area contributed by atoms with Crippen LogP contribution in [0, 0.1) is 12.8 Å². The van der Waals surface area contributed by atoms with E-state index >= 15 is 0 Å². The monoisotopic (exact) mass is 371 g/mol. The Bertz CT molecular complexity index is 743. The summed E-state index contributed by atoms with van der Waals surface area (Å²) >= 11 is 0. The molecule has 0 bridgehead atoms. The van der Waals surface area contributed by atoms with Crippen LogP contribution in [0.25, 0.3) is 0 Å². The van der Waals surface area contributed by atoms with Crippen molar-refractivity contribution in [1.29, 1.82) is 0 Å². The van der Waals surface area contributed by atoms with Gasteiger partial charge in [-0.2, -0.15) is 4.72 Å². The molecule has 0 saturated heterocycles. The number of aryl methyl sites for hydroxylation is 1. The third kappa shape index (κ3) is 6.51. The molecule has 3 amide bonds. The van der Waals surface area contributed by atoms with Crippen LogP contribution in [0.2, 0.25) is 0 Å². The topological polar surface area (TPSA) is 145 Å². The first-order valence-corrected chi connectivity index (χ1v) is 8.87. The highest BCUT2D eigenvalue weighted by molar-refractivity contribution is 7.89. The Morgan fingerprint density at radius 2 is 1.72 bits per heavy atom. The SMILES string of the molecule is Cc1ccc(S(=O)(=O)NCC(=O)O[C@@H](C(=O)NC(N)=O)C(C)C)cc1. The molecule has 0 aliphatic carbocycles. The van der Waals surface area contributed by atoms with Crippen molar-refractivity contribution < 1.29 is 27.5 Å². The van der Waals surface area contributed by atoms with Crippen LogP contribution < -0.4 is 15.8 Å². The third-order valence-corrected chi connectivity index (χ3v) is 4.52. The summed E-state index contributed by atoms with van der Waals surface area (Å²) in [7, 11) is -3.89. The average Bonchev–Trinajstić information content (AvgIpc) is 2.50. The maximum Gasteiger partial charge on any atom is 0.321 e. The van der Waals surface area contributed by atoms with Gasteiger partial charge in [-0.3, -0.25) is 14.9 Å². The Morgan fingerprint density at radius 3 is 2.20 bits per heavy atom. The normalized spacial score (nSPS) is 12.5. The van der Waals surface area contributed by atoms with Crippen LogP contribution in [0.5, 0.6) is 0 Å². The standard InChI is InChI=1S/C15H21N3O6S/c1-9(2)13(14(20)18-15(16)21)24-12(19)8-17-25(22,23)11-6-4-10(3)5-7-11/h4-7,9,13,17H,8H2,1-3H3,(H3,16,18,20,21)/t13-/m1/s1. The Labute approximate surface area is 146 Å². The maximum atomic E-state index is 12.1. The zero-order valence-corrected chi connectivity index (χ0v) is 14.9. The molecule has 0 aliphatic heterocycles. The zero-order chi connectivity index (χ0) is 19.2. The lowest BCUT2D eigenvalue weighted by Gasteiger charge is -2.19. The van der Waals surface area contributed by atoms with E-state index in [9.17, 15) is 22.8 Å². The molecule has 1 aromatic rings. The number of hydrogen-bond donors (Lipinski definition) is 3. The van der Waals surface area contributed by atoms with Crippen molar-refractivity contribution in [2.24, 2.45) is 11.7 Å². The van der Waals surface area contributed by atoms with Gasteiger partial charge in [-0.05, 0) is 25.0 Å². The van der Waals surface area contributed by atoms with Crippen LogP contribution in [0.1, 0.15) is 19.4 Å². The first kappa shape index (κ1) is 20.6. The van der Waals surface area contributed by atoms with Crippen LogP contribution in [0.3, 0.4) is 0 Å². The number of imide groups is 1. The van der Waals surface area contributed by atoms with E-state index in [1.807, 2.05) is 12.2 Å². The lowest BCUT2D eigenvalue weighted by molar-refractivity contribution is -0.157. The van der Waals surface area contributed by atoms with Crippen LogP contribution in [-0.4, -0.2) is 39.0 Å². The molecule has 0 spiro atoms. The minimum absolute atomic E-state index is 0.00205. The molecule has 25 heavy (non-hydrogen) atoms. The van der Waals surface area contributed by atoms with Gasteiger partial charge in [-0.25, -0.2) is 13.2 Å². The average molecular weight is 371 g/mol. The maximum absolute atomic E-state index is 12.1. The predicted molar refractivity (Wildman–Crippen MR) is 88.8 cm³/mol. The molecule has 138 valence electrons. The number of nitrogens with two attached hydrogens (primary N) is 1. The van der Waals surface area contributed by atoms with Crippen molar-refractivity contribution in [2.75, 3.05) is 6.54 Å². The van der Waals surface area contributed by atoms with Crippen molar-refractivity contribution in [3.05, 3.63) is 29.8 Å². The van der Waals surface area contributed by atoms with Gasteiger partial charge in [0, 0.05) is 0 Å². The predicted octanol–water partition coefficient (Wildman–Crippen LogP) is 0.0360. The second kappa shape index (κ2) is 8.58. The second-order valence-corrected chi connectivity index (χ2v) is 7.41. The molecule has 4 N–H and O–H groups in total. The number of carbonyl (C=O) groups is 3. The van der Waals surface area contributed by atoms with Gasteiger partial charge >= 0.3 is 12.0 Å². The number of carbonyl (C=O) groups excluding carboxylic acids is 3. The van der Waals surface area contributed by atoms with Gasteiger partial charge in [-0.15, -0.1) is 0 Å². The first-order chi connectivity index (χ1) is 11.5. The molecule has 0 saturated carbocycles. The molecule has 0 heterocycles. The van der Waals surface area contributed by atoms with Gasteiger partial charge in [0.1, 0.15) is 6.54 Å². The van der Waals surface area contributed by atoms with Gasteiger partial charge in [0.25, 0.3) is 5.91 Å². The van der Waals surface area contributed by atoms with E-state index in [0.29, 0.717) is 0 Å². The van der Waals surface area contributed by atoms with Gasteiger partial charge < -0.3 is 10.5 Å². The number of urea groups is 1. The van der Waals surface area contributed by atoms with E-state index < -0.39 is 46.5 Å². The fraction of sp³-hybridized carbons (Fsp3) is 0.400. The molecular weight excluding hydrogens is 350 g/mol. The molecule has 0 aromatic heterocycles. The minimum atomic E-state index is -3.89. The summed E-state index contributed by atoms with van der Waals surface area (Å²) in [4.78, 5) is 34.3. The Balaban J connectivity index is 2.69. The van der Waals surface area contributed by atoms with Gasteiger partial charge in [0.2, 0.25) is 10.0 Å². The Hall–Kier alpha value is -2.46. The summed E-state index contributed by atoms with van der Waals surface area (Å²) in [5.41, 5.74) is 5.74. The molecular formula is C15H21N3O6S. The molecule has 1 aromatic carbocycles. The minimum Gasteiger partial charge on any atom is -0.451 e. The molecule has 0 radical (unpaired) electrons. The lowest BCUT2D eigenvalue weighted by Crippen LogP contribution is -2.46. The molecule has 9 nitrogen and oxygen atoms in total. The number of nitrogens with one attached hydrogen (secondary N) is 2. The zero-order valence-electron chi connectivity index (χ0n) is 14.1. The van der Waals surface area contributed by atoms with Gasteiger partial charge in [0.15, 0.2) is 6.10 Å². The fourth-order valence-electron chi connectivity index (χ4n) is 1.82. The highest BCUT2D eigenvalue weighted by atomic mass is 32.2. The van der Waals surface area contributed by atoms with Gasteiger partial charge in [-0.1, -0.05) is 31.5 Å². The highest BCUT2D eigenvalue weighted by Gasteiger charge is 2.28. The molecule has 1 atom stereocenters. The molecule has 10 heteroatoms. The summed E-state index contributed by atoms with van der Waals surface area (Å²) in [6.45, 7) is 4.33. The molecule has 0 fully saturated rings. The van der Waals surface area contributed by atoms with E-state index in [4.69, 9.17) is 10.5 Å². The third-order valence-electron chi connectivity index (χ3n) is 3.11. The molecule has 0 aliphatic rings. The molecule has 1 rings (SSSR count). The number of ether oxygens (including phenoxy) is 1. The summed E-state index contributed by atoms with van der Waals surface area (Å²) in [5.74, 6) is -2.29. The smallest absolute Gasteiger partial charge is 0.321 e. The van der Waals surface area contributed by atoms with E-state index in [1.54, 1.807) is 26.0 Å². The lowest BCUT2D eigenvalue weighted by atomic mass is 10.1. The molecule has 0 unspecified atom stereocenters. The largest absolute Gasteiger partial charge is 0.451 e. The number of hydrogen-bond acceptors (Lipinski definition) is 6.